The molecule has 0 aromatic heterocycles. The average Bonchev–Trinajstić information content (AvgIpc) is 2.77. The molecule has 1 N–H and O–H groups in total. The number of likely N-dealkylation sites (tertiary alicyclic amines) is 1. The maximum atomic E-state index is 11.2. The average molecular weight is 253 g/mol. The lowest BCUT2D eigenvalue weighted by molar-refractivity contribution is -0.143. The molecular formula is C15H27NO2. The topological polar surface area (TPSA) is 40.5 Å². The Bertz CT molecular complexity index is 300. The molecule has 1 saturated carbocycles. The minimum absolute atomic E-state index is 0.207. The number of aliphatic carboxylic acids is 1. The smallest absolute Gasteiger partial charge is 0.320 e. The van der Waals surface area contributed by atoms with Gasteiger partial charge in [0.15, 0.2) is 0 Å². The van der Waals surface area contributed by atoms with E-state index in [9.17, 15) is 9.90 Å². The molecule has 1 atom stereocenters. The van der Waals surface area contributed by atoms with E-state index in [2.05, 4.69) is 25.7 Å². The van der Waals surface area contributed by atoms with Crippen LogP contribution in [0, 0.1) is 11.3 Å². The Hall–Kier alpha value is -0.570. The van der Waals surface area contributed by atoms with Crippen molar-refractivity contribution in [3.8, 4) is 0 Å². The number of carbonyl (C=O) groups is 1. The van der Waals surface area contributed by atoms with Crippen LogP contribution in [0.4, 0.5) is 0 Å². The maximum Gasteiger partial charge on any atom is 0.320 e. The van der Waals surface area contributed by atoms with Gasteiger partial charge in [0.05, 0.1) is 0 Å². The minimum atomic E-state index is -0.620. The molecule has 0 amide bonds. The molecule has 0 aromatic carbocycles. The molecule has 1 aliphatic carbocycles. The summed E-state index contributed by atoms with van der Waals surface area (Å²) in [6.07, 6.45) is 6.79. The van der Waals surface area contributed by atoms with Gasteiger partial charge in [-0.2, -0.15) is 0 Å². The van der Waals surface area contributed by atoms with Crippen LogP contribution in [0.3, 0.4) is 0 Å². The van der Waals surface area contributed by atoms with Crippen molar-refractivity contribution in [2.75, 3.05) is 6.54 Å². The van der Waals surface area contributed by atoms with Gasteiger partial charge in [-0.25, -0.2) is 0 Å². The van der Waals surface area contributed by atoms with Crippen LogP contribution in [0.5, 0.6) is 0 Å². The lowest BCUT2D eigenvalue weighted by atomic mass is 9.71. The van der Waals surface area contributed by atoms with Gasteiger partial charge in [0.2, 0.25) is 0 Å². The lowest BCUT2D eigenvalue weighted by Gasteiger charge is -2.41. The molecule has 3 nitrogen and oxygen atoms in total. The van der Waals surface area contributed by atoms with Gasteiger partial charge in [0.1, 0.15) is 6.04 Å². The zero-order chi connectivity index (χ0) is 13.3. The van der Waals surface area contributed by atoms with Crippen LogP contribution >= 0.6 is 0 Å². The maximum absolute atomic E-state index is 11.2. The van der Waals surface area contributed by atoms with Gasteiger partial charge in [-0.15, -0.1) is 0 Å². The third-order valence-electron chi connectivity index (χ3n) is 4.97. The molecular weight excluding hydrogens is 226 g/mol. The zero-order valence-electron chi connectivity index (χ0n) is 12.0. The van der Waals surface area contributed by atoms with Gasteiger partial charge < -0.3 is 5.11 Å². The molecule has 0 unspecified atom stereocenters. The molecule has 1 saturated heterocycles. The van der Waals surface area contributed by atoms with E-state index in [1.165, 1.54) is 25.7 Å². The first kappa shape index (κ1) is 13.9. The second-order valence-corrected chi connectivity index (χ2v) is 7.11. The number of hydrogen-bond acceptors (Lipinski definition) is 2. The number of rotatable bonds is 2. The summed E-state index contributed by atoms with van der Waals surface area (Å²) >= 11 is 0. The molecule has 2 fully saturated rings. The first-order valence-electron chi connectivity index (χ1n) is 7.38. The van der Waals surface area contributed by atoms with Crippen molar-refractivity contribution in [2.24, 2.45) is 11.3 Å². The van der Waals surface area contributed by atoms with Crippen LogP contribution in [0.15, 0.2) is 0 Å². The molecule has 18 heavy (non-hydrogen) atoms. The quantitative estimate of drug-likeness (QED) is 0.822. The summed E-state index contributed by atoms with van der Waals surface area (Å²) in [4.78, 5) is 13.5. The van der Waals surface area contributed by atoms with Crippen LogP contribution in [-0.2, 0) is 4.79 Å². The van der Waals surface area contributed by atoms with Crippen LogP contribution in [0.1, 0.15) is 59.3 Å². The summed E-state index contributed by atoms with van der Waals surface area (Å²) in [7, 11) is 0. The second-order valence-electron chi connectivity index (χ2n) is 7.11. The molecule has 0 bridgehead atoms. The molecule has 0 spiro atoms. The summed E-state index contributed by atoms with van der Waals surface area (Å²) < 4.78 is 0. The SMILES string of the molecule is CC(C)(C)C1CCC(N2CCC[C@H]2C(=O)O)CC1. The fraction of sp³-hybridized carbons (Fsp3) is 0.933. The Morgan fingerprint density at radius 2 is 1.72 bits per heavy atom. The monoisotopic (exact) mass is 253 g/mol. The Morgan fingerprint density at radius 3 is 2.22 bits per heavy atom. The van der Waals surface area contributed by atoms with Crippen LogP contribution in [0.2, 0.25) is 0 Å². The highest BCUT2D eigenvalue weighted by Gasteiger charge is 2.38. The predicted molar refractivity (Wildman–Crippen MR) is 72.6 cm³/mol. The highest BCUT2D eigenvalue weighted by molar-refractivity contribution is 5.73. The zero-order valence-corrected chi connectivity index (χ0v) is 12.0. The van der Waals surface area contributed by atoms with E-state index >= 15 is 0 Å². The largest absolute Gasteiger partial charge is 0.480 e. The van der Waals surface area contributed by atoms with Crippen LogP contribution in [0.25, 0.3) is 0 Å². The Balaban J connectivity index is 1.91. The van der Waals surface area contributed by atoms with Crippen LogP contribution < -0.4 is 0 Å². The van der Waals surface area contributed by atoms with Crippen molar-refractivity contribution in [3.63, 3.8) is 0 Å². The van der Waals surface area contributed by atoms with Crippen molar-refractivity contribution in [2.45, 2.75) is 71.4 Å². The van der Waals surface area contributed by atoms with Gasteiger partial charge >= 0.3 is 5.97 Å². The van der Waals surface area contributed by atoms with Crippen molar-refractivity contribution in [1.29, 1.82) is 0 Å². The number of hydrogen-bond donors (Lipinski definition) is 1. The summed E-state index contributed by atoms with van der Waals surface area (Å²) in [6, 6.07) is 0.313. The fourth-order valence-electron chi connectivity index (χ4n) is 3.76. The molecule has 0 radical (unpaired) electrons. The van der Waals surface area contributed by atoms with E-state index in [4.69, 9.17) is 0 Å². The molecule has 1 aliphatic heterocycles. The van der Waals surface area contributed by atoms with Gasteiger partial charge in [-0.05, 0) is 56.4 Å². The van der Waals surface area contributed by atoms with Crippen molar-refractivity contribution < 1.29 is 9.90 Å². The minimum Gasteiger partial charge on any atom is -0.480 e. The van der Waals surface area contributed by atoms with Gasteiger partial charge in [0, 0.05) is 6.04 Å². The molecule has 2 rings (SSSR count). The summed E-state index contributed by atoms with van der Waals surface area (Å²) in [5, 5.41) is 9.25. The van der Waals surface area contributed by atoms with Gasteiger partial charge in [-0.3, -0.25) is 9.69 Å². The molecule has 104 valence electrons. The van der Waals surface area contributed by atoms with E-state index < -0.39 is 5.97 Å². The molecule has 3 heteroatoms. The Labute approximate surface area is 111 Å². The van der Waals surface area contributed by atoms with E-state index in [0.29, 0.717) is 11.5 Å². The van der Waals surface area contributed by atoms with E-state index in [0.717, 1.165) is 25.3 Å². The first-order chi connectivity index (χ1) is 8.39. The number of carboxylic acid groups (broad SMARTS) is 1. The lowest BCUT2D eigenvalue weighted by Crippen LogP contribution is -2.45. The van der Waals surface area contributed by atoms with Crippen molar-refractivity contribution in [1.82, 2.24) is 4.90 Å². The number of carboxylic acids is 1. The van der Waals surface area contributed by atoms with Gasteiger partial charge in [0.25, 0.3) is 0 Å². The van der Waals surface area contributed by atoms with E-state index in [1.807, 2.05) is 0 Å². The first-order valence-corrected chi connectivity index (χ1v) is 7.38. The highest BCUT2D eigenvalue weighted by atomic mass is 16.4. The van der Waals surface area contributed by atoms with E-state index in [-0.39, 0.29) is 6.04 Å². The Kier molecular flexibility index (Phi) is 4.00. The van der Waals surface area contributed by atoms with Crippen LogP contribution in [-0.4, -0.2) is 34.6 Å². The molecule has 2 aliphatic rings. The normalized spacial score (nSPS) is 34.7. The Morgan fingerprint density at radius 1 is 1.11 bits per heavy atom. The molecule has 0 aromatic rings. The van der Waals surface area contributed by atoms with Crippen molar-refractivity contribution >= 4 is 5.97 Å². The fourth-order valence-corrected chi connectivity index (χ4v) is 3.76. The van der Waals surface area contributed by atoms with E-state index in [1.54, 1.807) is 0 Å². The summed E-state index contributed by atoms with van der Waals surface area (Å²) in [5.74, 6) is 0.185. The summed E-state index contributed by atoms with van der Waals surface area (Å²) in [5.41, 5.74) is 0.405. The van der Waals surface area contributed by atoms with Gasteiger partial charge in [-0.1, -0.05) is 20.8 Å². The standard InChI is InChI=1S/C15H27NO2/c1-15(2,3)11-6-8-12(9-7-11)16-10-4-5-13(16)14(17)18/h11-13H,4-10H2,1-3H3,(H,17,18)/t11?,12?,13-/m0/s1. The summed E-state index contributed by atoms with van der Waals surface area (Å²) in [6.45, 7) is 7.97. The third kappa shape index (κ3) is 2.87. The third-order valence-corrected chi connectivity index (χ3v) is 4.97. The molecule has 1 heterocycles. The van der Waals surface area contributed by atoms with Crippen molar-refractivity contribution in [3.05, 3.63) is 0 Å². The predicted octanol–water partition coefficient (Wildman–Crippen LogP) is 3.14. The number of nitrogens with zero attached hydrogens (tertiary/aromatic N) is 1. The second kappa shape index (κ2) is 5.20. The highest BCUT2D eigenvalue weighted by Crippen LogP contribution is 2.40.